The van der Waals surface area contributed by atoms with Crippen LogP contribution in [0.3, 0.4) is 0 Å². The lowest BCUT2D eigenvalue weighted by atomic mass is 10.4. The first-order valence-corrected chi connectivity index (χ1v) is 3.52. The van der Waals surface area contributed by atoms with Crippen LogP contribution in [0.5, 0.6) is 0 Å². The van der Waals surface area contributed by atoms with E-state index in [-0.39, 0.29) is 6.79 Å². The average molecular weight is 203 g/mol. The summed E-state index contributed by atoms with van der Waals surface area (Å²) in [6, 6.07) is 0. The molecule has 0 atom stereocenters. The number of rotatable bonds is 2. The first-order valence-electron chi connectivity index (χ1n) is 2.73. The van der Waals surface area contributed by atoms with Crippen molar-refractivity contribution in [3.05, 3.63) is 35.2 Å². The molecular formula is C7H7BrO2. The Labute approximate surface area is 67.9 Å². The fraction of sp³-hybridized carbons (Fsp3) is 0.143. The van der Waals surface area contributed by atoms with E-state index in [0.29, 0.717) is 16.0 Å². The molecule has 0 bridgehead atoms. The second kappa shape index (κ2) is 2.92. The second-order valence-electron chi connectivity index (χ2n) is 1.71. The maximum atomic E-state index is 5.06. The van der Waals surface area contributed by atoms with Crippen LogP contribution in [-0.4, -0.2) is 6.79 Å². The highest BCUT2D eigenvalue weighted by Crippen LogP contribution is 2.26. The molecular weight excluding hydrogens is 196 g/mol. The lowest BCUT2D eigenvalue weighted by Gasteiger charge is -1.95. The van der Waals surface area contributed by atoms with Crippen molar-refractivity contribution in [1.82, 2.24) is 0 Å². The maximum absolute atomic E-state index is 5.06. The molecule has 1 aliphatic heterocycles. The van der Waals surface area contributed by atoms with Crippen LogP contribution in [0, 0.1) is 0 Å². The highest BCUT2D eigenvalue weighted by Gasteiger charge is 2.15. The minimum atomic E-state index is 0.251. The van der Waals surface area contributed by atoms with Gasteiger partial charge in [-0.3, -0.25) is 0 Å². The molecule has 1 heterocycles. The van der Waals surface area contributed by atoms with Crippen LogP contribution < -0.4 is 0 Å². The van der Waals surface area contributed by atoms with Gasteiger partial charge in [0, 0.05) is 0 Å². The fourth-order valence-electron chi connectivity index (χ4n) is 0.652. The maximum Gasteiger partial charge on any atom is 0.231 e. The van der Waals surface area contributed by atoms with E-state index in [0.717, 1.165) is 0 Å². The normalized spacial score (nSPS) is 16.1. The van der Waals surface area contributed by atoms with Gasteiger partial charge in [0.2, 0.25) is 6.79 Å². The zero-order chi connectivity index (χ0) is 7.56. The van der Waals surface area contributed by atoms with Crippen molar-refractivity contribution >= 4 is 15.9 Å². The number of ether oxygens (including phenoxy) is 2. The molecule has 0 aromatic carbocycles. The number of hydrogen-bond acceptors (Lipinski definition) is 2. The summed E-state index contributed by atoms with van der Waals surface area (Å²) in [6.07, 6.45) is 1.59. The third kappa shape index (κ3) is 1.24. The van der Waals surface area contributed by atoms with Gasteiger partial charge in [-0.2, -0.15) is 0 Å². The minimum absolute atomic E-state index is 0.251. The Balaban J connectivity index is 2.88. The molecule has 10 heavy (non-hydrogen) atoms. The first kappa shape index (κ1) is 7.41. The van der Waals surface area contributed by atoms with Crippen LogP contribution in [0.2, 0.25) is 0 Å². The summed E-state index contributed by atoms with van der Waals surface area (Å²) >= 11 is 3.18. The van der Waals surface area contributed by atoms with Crippen molar-refractivity contribution in [1.29, 1.82) is 0 Å². The van der Waals surface area contributed by atoms with Gasteiger partial charge in [0.1, 0.15) is 0 Å². The van der Waals surface area contributed by atoms with Crippen LogP contribution in [0.4, 0.5) is 0 Å². The van der Waals surface area contributed by atoms with Crippen molar-refractivity contribution in [3.8, 4) is 0 Å². The Bertz CT molecular complexity index is 206. The Hall–Kier alpha value is -0.700. The molecule has 1 aliphatic rings. The van der Waals surface area contributed by atoms with Crippen LogP contribution in [0.25, 0.3) is 0 Å². The van der Waals surface area contributed by atoms with E-state index in [9.17, 15) is 0 Å². The molecule has 0 saturated heterocycles. The molecule has 0 saturated carbocycles. The molecule has 0 amide bonds. The van der Waals surface area contributed by atoms with E-state index in [1.54, 1.807) is 6.08 Å². The standard InChI is InChI=1S/C7H7BrO2/c1-3-6-7(5(2)8)10-4-9-6/h3H,1-2,4H2. The predicted molar refractivity (Wildman–Crippen MR) is 42.3 cm³/mol. The van der Waals surface area contributed by atoms with Gasteiger partial charge in [-0.25, -0.2) is 0 Å². The molecule has 54 valence electrons. The van der Waals surface area contributed by atoms with E-state index in [1.807, 2.05) is 0 Å². The van der Waals surface area contributed by atoms with Gasteiger partial charge in [0.05, 0.1) is 4.48 Å². The second-order valence-corrected chi connectivity index (χ2v) is 2.67. The van der Waals surface area contributed by atoms with Crippen LogP contribution in [0.15, 0.2) is 35.2 Å². The summed E-state index contributed by atoms with van der Waals surface area (Å²) in [6.45, 7) is 7.44. The highest BCUT2D eigenvalue weighted by molar-refractivity contribution is 9.11. The van der Waals surface area contributed by atoms with Crippen LogP contribution in [-0.2, 0) is 9.47 Å². The molecule has 0 aliphatic carbocycles. The minimum Gasteiger partial charge on any atom is -0.454 e. The summed E-state index contributed by atoms with van der Waals surface area (Å²) in [5.41, 5.74) is 0. The van der Waals surface area contributed by atoms with Crippen molar-refractivity contribution in [2.75, 3.05) is 6.79 Å². The van der Waals surface area contributed by atoms with Gasteiger partial charge in [-0.05, 0) is 22.0 Å². The molecule has 0 aromatic rings. The first-order chi connectivity index (χ1) is 4.75. The zero-order valence-electron chi connectivity index (χ0n) is 5.39. The molecule has 2 nitrogen and oxygen atoms in total. The lowest BCUT2D eigenvalue weighted by molar-refractivity contribution is 0.0776. The fourth-order valence-corrected chi connectivity index (χ4v) is 0.962. The van der Waals surface area contributed by atoms with Crippen LogP contribution in [0.1, 0.15) is 0 Å². The summed E-state index contributed by atoms with van der Waals surface area (Å²) in [4.78, 5) is 0. The summed E-state index contributed by atoms with van der Waals surface area (Å²) < 4.78 is 10.8. The Morgan fingerprint density at radius 3 is 2.70 bits per heavy atom. The van der Waals surface area contributed by atoms with E-state index in [1.165, 1.54) is 0 Å². The lowest BCUT2D eigenvalue weighted by Crippen LogP contribution is -1.83. The molecule has 0 unspecified atom stereocenters. The van der Waals surface area contributed by atoms with E-state index < -0.39 is 0 Å². The largest absolute Gasteiger partial charge is 0.454 e. The van der Waals surface area contributed by atoms with Crippen molar-refractivity contribution in [2.24, 2.45) is 0 Å². The highest BCUT2D eigenvalue weighted by atomic mass is 79.9. The molecule has 0 fully saturated rings. The van der Waals surface area contributed by atoms with Crippen molar-refractivity contribution in [3.63, 3.8) is 0 Å². The smallest absolute Gasteiger partial charge is 0.231 e. The van der Waals surface area contributed by atoms with Gasteiger partial charge in [0.25, 0.3) is 0 Å². The van der Waals surface area contributed by atoms with E-state index >= 15 is 0 Å². The third-order valence-corrected chi connectivity index (χ3v) is 1.43. The molecule has 0 radical (unpaired) electrons. The van der Waals surface area contributed by atoms with Crippen molar-refractivity contribution < 1.29 is 9.47 Å². The summed E-state index contributed by atoms with van der Waals surface area (Å²) in [5.74, 6) is 1.27. The van der Waals surface area contributed by atoms with Gasteiger partial charge in [-0.1, -0.05) is 13.2 Å². The molecule has 0 aromatic heterocycles. The number of hydrogen-bond donors (Lipinski definition) is 0. The monoisotopic (exact) mass is 202 g/mol. The molecule has 0 N–H and O–H groups in total. The molecule has 3 heteroatoms. The summed E-state index contributed by atoms with van der Waals surface area (Å²) in [7, 11) is 0. The Kier molecular flexibility index (Phi) is 2.17. The quantitative estimate of drug-likeness (QED) is 0.685. The Morgan fingerprint density at radius 2 is 2.30 bits per heavy atom. The Morgan fingerprint density at radius 1 is 1.60 bits per heavy atom. The van der Waals surface area contributed by atoms with Gasteiger partial charge in [-0.15, -0.1) is 0 Å². The van der Waals surface area contributed by atoms with Gasteiger partial charge < -0.3 is 9.47 Å². The van der Waals surface area contributed by atoms with Crippen LogP contribution >= 0.6 is 15.9 Å². The van der Waals surface area contributed by atoms with E-state index in [2.05, 4.69) is 29.1 Å². The SMILES string of the molecule is C=CC1=C(C(=C)Br)OCO1. The van der Waals surface area contributed by atoms with Gasteiger partial charge in [0.15, 0.2) is 11.5 Å². The zero-order valence-corrected chi connectivity index (χ0v) is 6.98. The van der Waals surface area contributed by atoms with Crippen molar-refractivity contribution in [2.45, 2.75) is 0 Å². The van der Waals surface area contributed by atoms with E-state index in [4.69, 9.17) is 9.47 Å². The number of allylic oxidation sites excluding steroid dienone is 2. The molecule has 1 rings (SSSR count). The third-order valence-electron chi connectivity index (χ3n) is 1.07. The average Bonchev–Trinajstić information content (AvgIpc) is 2.33. The molecule has 0 spiro atoms. The topological polar surface area (TPSA) is 18.5 Å². The van der Waals surface area contributed by atoms with Gasteiger partial charge >= 0.3 is 0 Å². The number of halogens is 1. The predicted octanol–water partition coefficient (Wildman–Crippen LogP) is 2.30. The summed E-state index contributed by atoms with van der Waals surface area (Å²) in [5, 5.41) is 0.